The van der Waals surface area contributed by atoms with Crippen LogP contribution in [0.5, 0.6) is 0 Å². The lowest BCUT2D eigenvalue weighted by Crippen LogP contribution is -2.15. The first kappa shape index (κ1) is 16.1. The molecule has 2 aliphatic carbocycles. The second-order valence-corrected chi connectivity index (χ2v) is 7.61. The topological polar surface area (TPSA) is 0 Å². The average molecular weight is 286 g/mol. The summed E-state index contributed by atoms with van der Waals surface area (Å²) < 4.78 is 13.4. The molecule has 1 aromatic carbocycles. The van der Waals surface area contributed by atoms with E-state index in [0.717, 1.165) is 24.3 Å². The van der Waals surface area contributed by atoms with Crippen molar-refractivity contribution in [2.24, 2.45) is 11.3 Å². The van der Waals surface area contributed by atoms with E-state index in [-0.39, 0.29) is 11.2 Å². The van der Waals surface area contributed by atoms with Crippen molar-refractivity contribution >= 4 is 0 Å². The van der Waals surface area contributed by atoms with Crippen LogP contribution in [0.4, 0.5) is 4.39 Å². The molecule has 0 amide bonds. The van der Waals surface area contributed by atoms with E-state index in [1.54, 1.807) is 6.07 Å². The van der Waals surface area contributed by atoms with Gasteiger partial charge in [-0.25, -0.2) is 4.39 Å². The third-order valence-corrected chi connectivity index (χ3v) is 4.65. The van der Waals surface area contributed by atoms with Gasteiger partial charge in [-0.2, -0.15) is 0 Å². The molecule has 114 valence electrons. The third-order valence-electron chi connectivity index (χ3n) is 4.65. The molecule has 0 aliphatic heterocycles. The molecule has 0 unspecified atom stereocenters. The van der Waals surface area contributed by atoms with Crippen LogP contribution in [0.3, 0.4) is 0 Å². The summed E-state index contributed by atoms with van der Waals surface area (Å²) in [7, 11) is 0. The molecule has 0 heterocycles. The summed E-state index contributed by atoms with van der Waals surface area (Å²) in [4.78, 5) is 0. The van der Waals surface area contributed by atoms with E-state index in [2.05, 4.69) is 26.7 Å². The molecule has 1 aromatic rings. The van der Waals surface area contributed by atoms with Gasteiger partial charge in [-0.1, -0.05) is 26.8 Å². The summed E-state index contributed by atoms with van der Waals surface area (Å²) in [6.07, 6.45) is 11.0. The van der Waals surface area contributed by atoms with Crippen molar-refractivity contribution in [3.8, 4) is 12.3 Å². The van der Waals surface area contributed by atoms with E-state index in [4.69, 9.17) is 6.42 Å². The number of hydrogen-bond acceptors (Lipinski definition) is 0. The number of terminal acetylenes is 1. The standard InChI is InChI=1S/C14H19F.C6H8/c1-9-7-11-10(8-13(9)15)5-6-12(11)14(2,3)4;1-2-3-6-4-5-6/h7-8,12H,5-6H2,1-4H3;1,6H,3-5H2/t12-;/m1./s1. The number of hydrogen-bond donors (Lipinski definition) is 0. The van der Waals surface area contributed by atoms with Crippen LogP contribution in [0.15, 0.2) is 12.1 Å². The number of halogens is 1. The normalized spacial score (nSPS) is 20.3. The van der Waals surface area contributed by atoms with Gasteiger partial charge in [0, 0.05) is 6.42 Å². The molecule has 0 spiro atoms. The van der Waals surface area contributed by atoms with Gasteiger partial charge >= 0.3 is 0 Å². The number of benzene rings is 1. The van der Waals surface area contributed by atoms with Gasteiger partial charge in [-0.05, 0) is 72.6 Å². The van der Waals surface area contributed by atoms with Crippen molar-refractivity contribution in [3.05, 3.63) is 34.6 Å². The molecule has 21 heavy (non-hydrogen) atoms. The van der Waals surface area contributed by atoms with Crippen LogP contribution in [0.2, 0.25) is 0 Å². The number of fused-ring (bicyclic) bond motifs is 1. The molecule has 1 fully saturated rings. The van der Waals surface area contributed by atoms with Crippen LogP contribution < -0.4 is 0 Å². The van der Waals surface area contributed by atoms with E-state index in [9.17, 15) is 4.39 Å². The quantitative estimate of drug-likeness (QED) is 0.587. The van der Waals surface area contributed by atoms with Gasteiger partial charge < -0.3 is 0 Å². The van der Waals surface area contributed by atoms with Crippen molar-refractivity contribution in [3.63, 3.8) is 0 Å². The highest BCUT2D eigenvalue weighted by Crippen LogP contribution is 2.45. The van der Waals surface area contributed by atoms with E-state index in [1.165, 1.54) is 30.4 Å². The zero-order chi connectivity index (χ0) is 15.6. The van der Waals surface area contributed by atoms with Crippen molar-refractivity contribution in [2.75, 3.05) is 0 Å². The van der Waals surface area contributed by atoms with Crippen LogP contribution in [-0.4, -0.2) is 0 Å². The van der Waals surface area contributed by atoms with Gasteiger partial charge in [0.1, 0.15) is 5.82 Å². The van der Waals surface area contributed by atoms with Crippen molar-refractivity contribution < 1.29 is 4.39 Å². The summed E-state index contributed by atoms with van der Waals surface area (Å²) in [6.45, 7) is 8.66. The largest absolute Gasteiger partial charge is 0.207 e. The average Bonchev–Trinajstić information content (AvgIpc) is 3.10. The zero-order valence-corrected chi connectivity index (χ0v) is 13.8. The SMILES string of the molecule is C#CCC1CC1.Cc1cc2c(cc1F)CC[C@H]2C(C)(C)C. The molecule has 0 saturated heterocycles. The first-order valence-electron chi connectivity index (χ1n) is 8.05. The second-order valence-electron chi connectivity index (χ2n) is 7.61. The first-order valence-corrected chi connectivity index (χ1v) is 8.05. The van der Waals surface area contributed by atoms with Crippen LogP contribution in [-0.2, 0) is 6.42 Å². The van der Waals surface area contributed by atoms with Crippen LogP contribution in [0.25, 0.3) is 0 Å². The maximum Gasteiger partial charge on any atom is 0.126 e. The van der Waals surface area contributed by atoms with Gasteiger partial charge in [0.15, 0.2) is 0 Å². The Morgan fingerprint density at radius 3 is 2.38 bits per heavy atom. The molecule has 0 nitrogen and oxygen atoms in total. The molecule has 0 N–H and O–H groups in total. The van der Waals surface area contributed by atoms with Gasteiger partial charge in [0.2, 0.25) is 0 Å². The molecule has 0 radical (unpaired) electrons. The molecule has 1 heteroatoms. The zero-order valence-electron chi connectivity index (χ0n) is 13.8. The van der Waals surface area contributed by atoms with Crippen LogP contribution in [0, 0.1) is 36.4 Å². The van der Waals surface area contributed by atoms with Crippen molar-refractivity contribution in [1.82, 2.24) is 0 Å². The molecule has 3 rings (SSSR count). The lowest BCUT2D eigenvalue weighted by atomic mass is 9.77. The Labute approximate surface area is 129 Å². The van der Waals surface area contributed by atoms with E-state index < -0.39 is 0 Å². The third kappa shape index (κ3) is 4.10. The number of rotatable bonds is 1. The lowest BCUT2D eigenvalue weighted by molar-refractivity contribution is 0.319. The minimum Gasteiger partial charge on any atom is -0.207 e. The molecular formula is C20H27F. The maximum atomic E-state index is 13.4. The van der Waals surface area contributed by atoms with E-state index >= 15 is 0 Å². The predicted octanol–water partition coefficient (Wildman–Crippen LogP) is 5.63. The van der Waals surface area contributed by atoms with Gasteiger partial charge in [0.25, 0.3) is 0 Å². The predicted molar refractivity (Wildman–Crippen MR) is 87.8 cm³/mol. The highest BCUT2D eigenvalue weighted by atomic mass is 19.1. The lowest BCUT2D eigenvalue weighted by Gasteiger charge is -2.28. The van der Waals surface area contributed by atoms with E-state index in [0.29, 0.717) is 5.92 Å². The van der Waals surface area contributed by atoms with Gasteiger partial charge in [-0.15, -0.1) is 12.3 Å². The Kier molecular flexibility index (Phi) is 4.77. The molecule has 2 aliphatic rings. The Balaban J connectivity index is 0.000000225. The first-order chi connectivity index (χ1) is 9.82. The fourth-order valence-corrected chi connectivity index (χ4v) is 3.13. The monoisotopic (exact) mass is 286 g/mol. The van der Waals surface area contributed by atoms with Crippen LogP contribution >= 0.6 is 0 Å². The van der Waals surface area contributed by atoms with Gasteiger partial charge in [0.05, 0.1) is 0 Å². The summed E-state index contributed by atoms with van der Waals surface area (Å²) in [5.74, 6) is 4.08. The Morgan fingerprint density at radius 1 is 1.24 bits per heavy atom. The Morgan fingerprint density at radius 2 is 1.90 bits per heavy atom. The smallest absolute Gasteiger partial charge is 0.126 e. The molecule has 0 aromatic heterocycles. The summed E-state index contributed by atoms with van der Waals surface area (Å²) in [6, 6.07) is 3.78. The fourth-order valence-electron chi connectivity index (χ4n) is 3.13. The van der Waals surface area contributed by atoms with E-state index in [1.807, 2.05) is 13.0 Å². The number of aryl methyl sites for hydroxylation is 2. The summed E-state index contributed by atoms with van der Waals surface area (Å²) in [5, 5.41) is 0. The highest BCUT2D eigenvalue weighted by Gasteiger charge is 2.32. The van der Waals surface area contributed by atoms with Crippen molar-refractivity contribution in [1.29, 1.82) is 0 Å². The van der Waals surface area contributed by atoms with Gasteiger partial charge in [-0.3, -0.25) is 0 Å². The van der Waals surface area contributed by atoms with Crippen molar-refractivity contribution in [2.45, 2.75) is 65.7 Å². The Bertz CT molecular complexity index is 538. The summed E-state index contributed by atoms with van der Waals surface area (Å²) in [5.41, 5.74) is 3.67. The summed E-state index contributed by atoms with van der Waals surface area (Å²) >= 11 is 0. The molecule has 1 atom stereocenters. The maximum absolute atomic E-state index is 13.4. The minimum atomic E-state index is -0.0525. The Hall–Kier alpha value is -1.29. The molecule has 0 bridgehead atoms. The molecule has 1 saturated carbocycles. The van der Waals surface area contributed by atoms with Crippen LogP contribution in [0.1, 0.15) is 69.1 Å². The fraction of sp³-hybridized carbons (Fsp3) is 0.600. The second kappa shape index (κ2) is 6.22. The highest BCUT2D eigenvalue weighted by molar-refractivity contribution is 5.39. The molecular weight excluding hydrogens is 259 g/mol. The minimum absolute atomic E-state index is 0.0525.